The smallest absolute Gasteiger partial charge is 0.310 e. The minimum absolute atomic E-state index is 0.151. The number of hydrogen-bond donors (Lipinski definition) is 1. The van der Waals surface area contributed by atoms with Crippen molar-refractivity contribution in [2.45, 2.75) is 158 Å². The summed E-state index contributed by atoms with van der Waals surface area (Å²) in [5.74, 6) is -9.79. The summed E-state index contributed by atoms with van der Waals surface area (Å²) >= 11 is 0. The van der Waals surface area contributed by atoms with Crippen molar-refractivity contribution < 1.29 is 90.0 Å². The van der Waals surface area contributed by atoms with Gasteiger partial charge in [0.15, 0.2) is 31.1 Å². The molecular formula is C34H46F2N12O17. The van der Waals surface area contributed by atoms with Gasteiger partial charge >= 0.3 is 35.8 Å². The van der Waals surface area contributed by atoms with E-state index < -0.39 is 159 Å². The van der Waals surface area contributed by atoms with Crippen LogP contribution in [0.15, 0.2) is 20.5 Å². The molecule has 0 amide bonds. The number of aliphatic hydroxyl groups excluding tert-OH is 1. The van der Waals surface area contributed by atoms with Crippen molar-refractivity contribution in [3.8, 4) is 0 Å². The van der Waals surface area contributed by atoms with Gasteiger partial charge in [-0.05, 0) is 34.5 Å². The molecule has 3 heterocycles. The van der Waals surface area contributed by atoms with Crippen LogP contribution in [0.5, 0.6) is 0 Å². The van der Waals surface area contributed by atoms with Crippen LogP contribution in [0, 0.1) is 5.92 Å². The summed E-state index contributed by atoms with van der Waals surface area (Å²) < 4.78 is 94.9. The van der Waals surface area contributed by atoms with Gasteiger partial charge in [0.1, 0.15) is 55.4 Å². The van der Waals surface area contributed by atoms with E-state index in [-0.39, 0.29) is 12.8 Å². The number of ether oxygens (including phenoxy) is 11. The van der Waals surface area contributed by atoms with Crippen LogP contribution in [0.1, 0.15) is 54.4 Å². The van der Waals surface area contributed by atoms with Gasteiger partial charge in [0.25, 0.3) is 0 Å². The van der Waals surface area contributed by atoms with Gasteiger partial charge in [0.05, 0.1) is 31.3 Å². The number of hydrogen-bond acceptors (Lipinski definition) is 21. The maximum absolute atomic E-state index is 15.9. The summed E-state index contributed by atoms with van der Waals surface area (Å²) in [5, 5.41) is 24.6. The van der Waals surface area contributed by atoms with Gasteiger partial charge in [0, 0.05) is 60.7 Å². The van der Waals surface area contributed by atoms with Crippen LogP contribution in [-0.2, 0) is 76.1 Å². The fourth-order valence-electron chi connectivity index (χ4n) is 7.73. The second-order valence-corrected chi connectivity index (χ2v) is 15.0. The van der Waals surface area contributed by atoms with Gasteiger partial charge in [-0.2, -0.15) is 8.78 Å². The van der Waals surface area contributed by atoms with Gasteiger partial charge < -0.3 is 57.2 Å². The zero-order chi connectivity index (χ0) is 48.2. The number of azide groups is 4. The van der Waals surface area contributed by atoms with Gasteiger partial charge in [0.2, 0.25) is 0 Å². The highest BCUT2D eigenvalue weighted by atomic mass is 19.3. The van der Waals surface area contributed by atoms with E-state index in [2.05, 4.69) is 40.1 Å². The van der Waals surface area contributed by atoms with Crippen molar-refractivity contribution in [3.05, 3.63) is 41.8 Å². The maximum Gasteiger partial charge on any atom is 0.310 e. The fraction of sp³-hybridized carbons (Fsp3) is 0.853. The number of carbonyl (C=O) groups is 5. The van der Waals surface area contributed by atoms with Crippen LogP contribution in [0.25, 0.3) is 41.8 Å². The third-order valence-electron chi connectivity index (χ3n) is 10.3. The number of alkyl halides is 2. The quantitative estimate of drug-likeness (QED) is 0.0678. The highest BCUT2D eigenvalue weighted by Gasteiger charge is 2.62. The number of carbonyl (C=O) groups excluding carboxylic acids is 5. The Bertz CT molecular complexity index is 1940. The molecule has 31 heteroatoms. The predicted molar refractivity (Wildman–Crippen MR) is 203 cm³/mol. The Morgan fingerprint density at radius 2 is 1.26 bits per heavy atom. The molecule has 4 aliphatic rings. The van der Waals surface area contributed by atoms with Crippen LogP contribution >= 0.6 is 0 Å². The zero-order valence-corrected chi connectivity index (χ0v) is 35.5. The molecule has 2 unspecified atom stereocenters. The molecule has 0 bridgehead atoms. The van der Waals surface area contributed by atoms with Crippen molar-refractivity contribution in [1.82, 2.24) is 0 Å². The molecule has 0 radical (unpaired) electrons. The van der Waals surface area contributed by atoms with E-state index in [1.807, 2.05) is 0 Å². The fourth-order valence-corrected chi connectivity index (χ4v) is 7.73. The molecule has 3 aliphatic heterocycles. The lowest BCUT2D eigenvalue weighted by molar-refractivity contribution is -0.338. The molecule has 29 nitrogen and oxygen atoms in total. The van der Waals surface area contributed by atoms with Crippen molar-refractivity contribution in [3.63, 3.8) is 0 Å². The Morgan fingerprint density at radius 1 is 0.662 bits per heavy atom. The average molecular weight is 933 g/mol. The number of esters is 5. The highest BCUT2D eigenvalue weighted by Crippen LogP contribution is 2.43. The second kappa shape index (κ2) is 23.4. The van der Waals surface area contributed by atoms with E-state index in [0.29, 0.717) is 0 Å². The molecule has 3 saturated heterocycles. The topological polar surface area (TPSA) is 402 Å². The first-order valence-corrected chi connectivity index (χ1v) is 19.7. The molecule has 1 saturated carbocycles. The molecule has 17 atom stereocenters. The summed E-state index contributed by atoms with van der Waals surface area (Å²) in [6, 6.07) is -3.39. The molecule has 4 rings (SSSR count). The number of nitrogens with zero attached hydrogens (tertiary/aromatic N) is 12. The van der Waals surface area contributed by atoms with Gasteiger partial charge in [-0.25, -0.2) is 0 Å². The molecule has 4 fully saturated rings. The number of aliphatic hydroxyl groups is 1. The Balaban J connectivity index is 1.83. The molecule has 65 heavy (non-hydrogen) atoms. The van der Waals surface area contributed by atoms with Gasteiger partial charge in [-0.15, -0.1) is 0 Å². The monoisotopic (exact) mass is 932 g/mol. The third-order valence-corrected chi connectivity index (χ3v) is 10.3. The highest BCUT2D eigenvalue weighted by molar-refractivity contribution is 5.67. The first-order chi connectivity index (χ1) is 30.7. The lowest BCUT2D eigenvalue weighted by atomic mass is 9.80. The predicted octanol–water partition coefficient (Wildman–Crippen LogP) is 3.01. The standard InChI is InChI=1S/C34H46F2N12O17/c1-12-7-18(43-47-39)27(57-15(4)51)29(26(12)64-32-24(44-48-40)31(59-17(6)53)34(35,36)22(62-32)10-42-46-38)65-33-30(58-16(5)52)28(21(61-33)11-55-13(2)49)63-23-8-19(56-14(3)50)25(54)20(60-23)9-41-45-37/h12,18-33,54H,7-11H2,1-6H3/t12-,18?,19+,20-,21+,22+,23+,24?,25-,26+,27-,28+,29-,30+,31+,32+,33-/m0/s1. The average Bonchev–Trinajstić information content (AvgIpc) is 3.52. The first kappa shape index (κ1) is 51.8. The second-order valence-electron chi connectivity index (χ2n) is 15.0. The van der Waals surface area contributed by atoms with Crippen LogP contribution in [0.2, 0.25) is 0 Å². The zero-order valence-electron chi connectivity index (χ0n) is 35.5. The first-order valence-electron chi connectivity index (χ1n) is 19.7. The lowest BCUT2D eigenvalue weighted by Gasteiger charge is -2.48. The number of rotatable bonds is 18. The normalized spacial score (nSPS) is 36.1. The van der Waals surface area contributed by atoms with Gasteiger partial charge in [-0.3, -0.25) is 24.0 Å². The Labute approximate surface area is 365 Å². The largest absolute Gasteiger partial charge is 0.463 e. The third kappa shape index (κ3) is 13.4. The lowest BCUT2D eigenvalue weighted by Crippen LogP contribution is -2.65. The molecule has 0 aromatic rings. The van der Waals surface area contributed by atoms with Crippen LogP contribution < -0.4 is 0 Å². The van der Waals surface area contributed by atoms with Crippen molar-refractivity contribution in [1.29, 1.82) is 0 Å². The SMILES string of the molecule is CC(=O)OC[C@H]1O[C@@H](O[C@H]2[C@H](O[C@H]3O[C@H](CN=[N+]=[N-])C(F)(F)[C@H](OC(C)=O)C3N=[N+]=[N-])[C@@H](C)CC(N=[N+]=[N-])[C@@H]2OC(C)=O)[C@H](OC(C)=O)[C@@H]1O[C@@H]1C[C@@H](OC(C)=O)[C@H](O)[C@H](CN=[N+]=[N-])O1. The Kier molecular flexibility index (Phi) is 18.6. The van der Waals surface area contributed by atoms with Crippen LogP contribution in [0.3, 0.4) is 0 Å². The number of halogens is 2. The molecule has 1 aliphatic carbocycles. The molecular weight excluding hydrogens is 886 g/mol. The van der Waals surface area contributed by atoms with Crippen molar-refractivity contribution in [2.75, 3.05) is 19.7 Å². The van der Waals surface area contributed by atoms with E-state index >= 15 is 8.78 Å². The van der Waals surface area contributed by atoms with Gasteiger partial charge in [-0.1, -0.05) is 27.4 Å². The van der Waals surface area contributed by atoms with E-state index in [1.165, 1.54) is 6.92 Å². The van der Waals surface area contributed by atoms with Crippen molar-refractivity contribution in [2.24, 2.45) is 26.4 Å². The van der Waals surface area contributed by atoms with Crippen LogP contribution in [-0.4, -0.2) is 159 Å². The summed E-state index contributed by atoms with van der Waals surface area (Å²) in [7, 11) is 0. The van der Waals surface area contributed by atoms with E-state index in [0.717, 1.165) is 34.6 Å². The molecule has 0 aromatic heterocycles. The van der Waals surface area contributed by atoms with E-state index in [1.54, 1.807) is 0 Å². The summed E-state index contributed by atoms with van der Waals surface area (Å²) in [4.78, 5) is 72.1. The summed E-state index contributed by atoms with van der Waals surface area (Å²) in [5.41, 5.74) is 36.9. The summed E-state index contributed by atoms with van der Waals surface area (Å²) in [6.45, 7) is 4.35. The maximum atomic E-state index is 15.9. The van der Waals surface area contributed by atoms with E-state index in [9.17, 15) is 40.1 Å². The van der Waals surface area contributed by atoms with Crippen molar-refractivity contribution >= 4 is 29.8 Å². The van der Waals surface area contributed by atoms with E-state index in [4.69, 9.17) is 63.2 Å². The molecule has 0 aromatic carbocycles. The summed E-state index contributed by atoms with van der Waals surface area (Å²) in [6.07, 6.45) is -24.4. The molecule has 1 N–H and O–H groups in total. The Morgan fingerprint density at radius 3 is 1.85 bits per heavy atom. The minimum atomic E-state index is -4.15. The Hall–Kier alpha value is -5.83. The minimum Gasteiger partial charge on any atom is -0.463 e. The van der Waals surface area contributed by atoms with Crippen LogP contribution in [0.4, 0.5) is 8.78 Å². The molecule has 358 valence electrons. The molecule has 0 spiro atoms.